The number of nitrogens with zero attached hydrogens (tertiary/aromatic N) is 4. The lowest BCUT2D eigenvalue weighted by atomic mass is 10.6. The van der Waals surface area contributed by atoms with E-state index in [-0.39, 0.29) is 24.9 Å². The molecular formula is C10H13N7O3. The number of nitrogens with one attached hydrogen (secondary N) is 3. The topological polar surface area (TPSA) is 127 Å². The summed E-state index contributed by atoms with van der Waals surface area (Å²) in [6.45, 7) is 1.84. The molecule has 2 rings (SSSR count). The van der Waals surface area contributed by atoms with Crippen molar-refractivity contribution < 1.29 is 14.3 Å². The van der Waals surface area contributed by atoms with Crippen molar-refractivity contribution in [3.05, 3.63) is 18.6 Å². The summed E-state index contributed by atoms with van der Waals surface area (Å²) in [7, 11) is 0. The van der Waals surface area contributed by atoms with E-state index in [0.29, 0.717) is 5.95 Å². The van der Waals surface area contributed by atoms with Crippen molar-refractivity contribution in [2.45, 2.75) is 13.5 Å². The minimum Gasteiger partial charge on any atom is -0.450 e. The van der Waals surface area contributed by atoms with Gasteiger partial charge < -0.3 is 9.72 Å². The second kappa shape index (κ2) is 6.31. The van der Waals surface area contributed by atoms with Gasteiger partial charge in [-0.05, 0) is 6.92 Å². The van der Waals surface area contributed by atoms with Gasteiger partial charge in [0.25, 0.3) is 0 Å². The Labute approximate surface area is 113 Å². The third kappa shape index (κ3) is 3.80. The molecule has 2 amide bonds. The Morgan fingerprint density at radius 3 is 3.00 bits per heavy atom. The molecule has 0 aliphatic rings. The molecule has 2 heterocycles. The summed E-state index contributed by atoms with van der Waals surface area (Å²) in [5.41, 5.74) is 0. The minimum atomic E-state index is -0.625. The van der Waals surface area contributed by atoms with Crippen LogP contribution >= 0.6 is 0 Å². The maximum atomic E-state index is 11.6. The van der Waals surface area contributed by atoms with Crippen LogP contribution in [0.1, 0.15) is 6.92 Å². The maximum Gasteiger partial charge on any atom is 0.412 e. The number of ether oxygens (including phenoxy) is 1. The Morgan fingerprint density at radius 1 is 1.45 bits per heavy atom. The first-order chi connectivity index (χ1) is 9.67. The second-order valence-electron chi connectivity index (χ2n) is 3.59. The zero-order chi connectivity index (χ0) is 14.4. The standard InChI is InChI=1S/C10H13N7O3/c1-2-20-10(19)14-7-5-13-17(16-7)6-8(18)15-9-11-3-4-12-9/h3-5H,2,6H2,1H3,(H,14,16,19)(H2,11,12,15,18). The number of hydrogen-bond donors (Lipinski definition) is 3. The lowest BCUT2D eigenvalue weighted by Gasteiger charge is -2.01. The summed E-state index contributed by atoms with van der Waals surface area (Å²) in [6, 6.07) is 0. The SMILES string of the molecule is CCOC(=O)Nc1cnn(CC(=O)Nc2ncc[nH]2)n1. The molecular weight excluding hydrogens is 266 g/mol. The van der Waals surface area contributed by atoms with Gasteiger partial charge in [-0.15, -0.1) is 5.10 Å². The molecule has 2 aromatic rings. The molecule has 106 valence electrons. The van der Waals surface area contributed by atoms with E-state index in [4.69, 9.17) is 0 Å². The third-order valence-electron chi connectivity index (χ3n) is 2.08. The average molecular weight is 279 g/mol. The van der Waals surface area contributed by atoms with Crippen LogP contribution in [0.4, 0.5) is 16.6 Å². The number of rotatable bonds is 5. The van der Waals surface area contributed by atoms with Crippen LogP contribution in [-0.2, 0) is 16.1 Å². The monoisotopic (exact) mass is 279 g/mol. The first-order valence-corrected chi connectivity index (χ1v) is 5.80. The summed E-state index contributed by atoms with van der Waals surface area (Å²) < 4.78 is 4.69. The minimum absolute atomic E-state index is 0.106. The molecule has 0 saturated carbocycles. The number of carbonyl (C=O) groups is 2. The zero-order valence-electron chi connectivity index (χ0n) is 10.7. The Hall–Kier alpha value is -2.91. The summed E-state index contributed by atoms with van der Waals surface area (Å²) in [4.78, 5) is 30.5. The zero-order valence-corrected chi connectivity index (χ0v) is 10.7. The lowest BCUT2D eigenvalue weighted by Crippen LogP contribution is -2.21. The van der Waals surface area contributed by atoms with Crippen LogP contribution in [0, 0.1) is 0 Å². The highest BCUT2D eigenvalue weighted by molar-refractivity contribution is 5.88. The second-order valence-corrected chi connectivity index (χ2v) is 3.59. The molecule has 0 unspecified atom stereocenters. The molecule has 20 heavy (non-hydrogen) atoms. The number of anilines is 2. The van der Waals surface area contributed by atoms with Gasteiger partial charge in [0, 0.05) is 12.4 Å². The quantitative estimate of drug-likeness (QED) is 0.718. The van der Waals surface area contributed by atoms with E-state index in [0.717, 1.165) is 4.80 Å². The Balaban J connectivity index is 1.86. The van der Waals surface area contributed by atoms with Crippen molar-refractivity contribution in [1.82, 2.24) is 25.0 Å². The molecule has 10 nitrogen and oxygen atoms in total. The van der Waals surface area contributed by atoms with Gasteiger partial charge >= 0.3 is 6.09 Å². The van der Waals surface area contributed by atoms with Gasteiger partial charge in [0.05, 0.1) is 12.8 Å². The van der Waals surface area contributed by atoms with Crippen molar-refractivity contribution in [2.75, 3.05) is 17.2 Å². The number of aromatic nitrogens is 5. The van der Waals surface area contributed by atoms with Gasteiger partial charge in [0.2, 0.25) is 11.9 Å². The van der Waals surface area contributed by atoms with Gasteiger partial charge in [-0.1, -0.05) is 0 Å². The predicted octanol–water partition coefficient (Wildman–Crippen LogP) is 0.208. The molecule has 0 fully saturated rings. The first kappa shape index (κ1) is 13.5. The van der Waals surface area contributed by atoms with Crippen LogP contribution in [0.2, 0.25) is 0 Å². The molecule has 0 radical (unpaired) electrons. The highest BCUT2D eigenvalue weighted by Gasteiger charge is 2.09. The number of amides is 2. The van der Waals surface area contributed by atoms with E-state index >= 15 is 0 Å². The smallest absolute Gasteiger partial charge is 0.412 e. The number of carbonyl (C=O) groups excluding carboxylic acids is 2. The fraction of sp³-hybridized carbons (Fsp3) is 0.300. The lowest BCUT2D eigenvalue weighted by molar-refractivity contribution is -0.117. The molecule has 0 aliphatic carbocycles. The van der Waals surface area contributed by atoms with Crippen molar-refractivity contribution in [1.29, 1.82) is 0 Å². The number of H-pyrrole nitrogens is 1. The highest BCUT2D eigenvalue weighted by Crippen LogP contribution is 2.01. The molecule has 3 N–H and O–H groups in total. The van der Waals surface area contributed by atoms with Gasteiger partial charge in [-0.25, -0.2) is 9.78 Å². The average Bonchev–Trinajstić information content (AvgIpc) is 3.02. The Kier molecular flexibility index (Phi) is 4.27. The van der Waals surface area contributed by atoms with E-state index in [1.807, 2.05) is 0 Å². The van der Waals surface area contributed by atoms with Crippen molar-refractivity contribution in [3.63, 3.8) is 0 Å². The third-order valence-corrected chi connectivity index (χ3v) is 2.08. The van der Waals surface area contributed by atoms with Crippen molar-refractivity contribution in [3.8, 4) is 0 Å². The highest BCUT2D eigenvalue weighted by atomic mass is 16.5. The van der Waals surface area contributed by atoms with Crippen LogP contribution in [0.3, 0.4) is 0 Å². The van der Waals surface area contributed by atoms with E-state index < -0.39 is 6.09 Å². The van der Waals surface area contributed by atoms with E-state index in [1.54, 1.807) is 13.1 Å². The Bertz CT molecular complexity index is 577. The molecule has 0 spiro atoms. The number of imidazole rings is 1. The van der Waals surface area contributed by atoms with Crippen LogP contribution in [-0.4, -0.2) is 43.6 Å². The van der Waals surface area contributed by atoms with Crippen molar-refractivity contribution in [2.24, 2.45) is 0 Å². The van der Waals surface area contributed by atoms with Gasteiger partial charge in [-0.2, -0.15) is 9.90 Å². The Morgan fingerprint density at radius 2 is 2.30 bits per heavy atom. The molecule has 0 aliphatic heterocycles. The molecule has 10 heteroatoms. The summed E-state index contributed by atoms with van der Waals surface area (Å²) in [5, 5.41) is 12.6. The van der Waals surface area contributed by atoms with Crippen LogP contribution in [0.25, 0.3) is 0 Å². The molecule has 2 aromatic heterocycles. The van der Waals surface area contributed by atoms with Crippen molar-refractivity contribution >= 4 is 23.8 Å². The molecule has 0 aromatic carbocycles. The predicted molar refractivity (Wildman–Crippen MR) is 67.9 cm³/mol. The molecule has 0 atom stereocenters. The number of hydrogen-bond acceptors (Lipinski definition) is 6. The summed E-state index contributed by atoms with van der Waals surface area (Å²) >= 11 is 0. The fourth-order valence-corrected chi connectivity index (χ4v) is 1.34. The first-order valence-electron chi connectivity index (χ1n) is 5.80. The van der Waals surface area contributed by atoms with E-state index in [9.17, 15) is 9.59 Å². The van der Waals surface area contributed by atoms with Gasteiger partial charge in [0.15, 0.2) is 5.82 Å². The molecule has 0 bridgehead atoms. The van der Waals surface area contributed by atoms with Crippen LogP contribution < -0.4 is 10.6 Å². The van der Waals surface area contributed by atoms with Crippen LogP contribution in [0.5, 0.6) is 0 Å². The van der Waals surface area contributed by atoms with Crippen LogP contribution in [0.15, 0.2) is 18.6 Å². The summed E-state index contributed by atoms with van der Waals surface area (Å²) in [5.74, 6) is 0.194. The van der Waals surface area contributed by atoms with E-state index in [1.165, 1.54) is 12.4 Å². The van der Waals surface area contributed by atoms with Gasteiger partial charge in [-0.3, -0.25) is 15.4 Å². The van der Waals surface area contributed by atoms with E-state index in [2.05, 4.69) is 35.5 Å². The normalized spacial score (nSPS) is 10.1. The fourth-order valence-electron chi connectivity index (χ4n) is 1.34. The molecule has 0 saturated heterocycles. The van der Waals surface area contributed by atoms with Gasteiger partial charge in [0.1, 0.15) is 6.54 Å². The number of aromatic amines is 1. The maximum absolute atomic E-state index is 11.6. The largest absolute Gasteiger partial charge is 0.450 e. The summed E-state index contributed by atoms with van der Waals surface area (Å²) in [6.07, 6.45) is 3.79.